The number of halogens is 1. The monoisotopic (exact) mass is 501 g/mol. The fraction of sp³-hybridized carbons (Fsp3) is 0.577. The lowest BCUT2D eigenvalue weighted by Gasteiger charge is -2.43. The standard InChI is InChI=1S/C26H36ClN5O3/c1-20-14-21(2)32(28-20)17-25(34)31-9-5-8-26(18-31,19-35-23-7-4-6-22(27)15-23)16-24(33)30-12-10-29(3)11-13-30/h4,6-7,14-15H,5,8-13,16-19H2,1-3H3. The summed E-state index contributed by atoms with van der Waals surface area (Å²) in [5.41, 5.74) is 1.41. The molecule has 190 valence electrons. The van der Waals surface area contributed by atoms with Gasteiger partial charge in [-0.1, -0.05) is 17.7 Å². The van der Waals surface area contributed by atoms with Gasteiger partial charge in [0.15, 0.2) is 0 Å². The number of amides is 2. The fourth-order valence-electron chi connectivity index (χ4n) is 5.08. The van der Waals surface area contributed by atoms with E-state index in [-0.39, 0.29) is 18.4 Å². The van der Waals surface area contributed by atoms with Crippen LogP contribution in [-0.2, 0) is 16.1 Å². The fourth-order valence-corrected chi connectivity index (χ4v) is 5.26. The van der Waals surface area contributed by atoms with Crippen LogP contribution in [0.5, 0.6) is 5.75 Å². The molecule has 1 aromatic carbocycles. The third kappa shape index (κ3) is 6.55. The molecule has 2 fully saturated rings. The summed E-state index contributed by atoms with van der Waals surface area (Å²) >= 11 is 6.15. The molecule has 2 aromatic rings. The van der Waals surface area contributed by atoms with Gasteiger partial charge in [-0.2, -0.15) is 5.10 Å². The van der Waals surface area contributed by atoms with Crippen LogP contribution in [0.2, 0.25) is 5.02 Å². The number of carbonyl (C=O) groups excluding carboxylic acids is 2. The Morgan fingerprint density at radius 1 is 1.06 bits per heavy atom. The van der Waals surface area contributed by atoms with Gasteiger partial charge >= 0.3 is 0 Å². The molecule has 3 heterocycles. The summed E-state index contributed by atoms with van der Waals surface area (Å²) in [6.45, 7) is 8.86. The van der Waals surface area contributed by atoms with Crippen LogP contribution in [0.15, 0.2) is 30.3 Å². The van der Waals surface area contributed by atoms with Crippen molar-refractivity contribution < 1.29 is 14.3 Å². The Morgan fingerprint density at radius 3 is 2.51 bits per heavy atom. The van der Waals surface area contributed by atoms with Gasteiger partial charge in [0.05, 0.1) is 12.3 Å². The Bertz CT molecular complexity index is 1050. The smallest absolute Gasteiger partial charge is 0.244 e. The summed E-state index contributed by atoms with van der Waals surface area (Å²) in [7, 11) is 2.08. The van der Waals surface area contributed by atoms with E-state index < -0.39 is 5.41 Å². The molecule has 8 nitrogen and oxygen atoms in total. The maximum Gasteiger partial charge on any atom is 0.244 e. The number of likely N-dealkylation sites (tertiary alicyclic amines) is 1. The molecule has 2 aliphatic rings. The highest BCUT2D eigenvalue weighted by Gasteiger charge is 2.41. The van der Waals surface area contributed by atoms with E-state index >= 15 is 0 Å². The molecular weight excluding hydrogens is 466 g/mol. The lowest BCUT2D eigenvalue weighted by atomic mass is 9.77. The van der Waals surface area contributed by atoms with Gasteiger partial charge in [-0.15, -0.1) is 0 Å². The molecule has 35 heavy (non-hydrogen) atoms. The number of carbonyl (C=O) groups is 2. The Hall–Kier alpha value is -2.58. The van der Waals surface area contributed by atoms with E-state index in [4.69, 9.17) is 16.3 Å². The van der Waals surface area contributed by atoms with E-state index in [1.165, 1.54) is 0 Å². The van der Waals surface area contributed by atoms with Crippen molar-refractivity contribution in [2.45, 2.75) is 39.7 Å². The number of aromatic nitrogens is 2. The second-order valence-electron chi connectivity index (χ2n) is 10.1. The maximum absolute atomic E-state index is 13.4. The number of ether oxygens (including phenoxy) is 1. The van der Waals surface area contributed by atoms with Gasteiger partial charge in [0.1, 0.15) is 12.3 Å². The molecule has 2 saturated heterocycles. The molecule has 1 unspecified atom stereocenters. The lowest BCUT2D eigenvalue weighted by Crippen LogP contribution is -2.53. The minimum absolute atomic E-state index is 0.0232. The summed E-state index contributed by atoms with van der Waals surface area (Å²) in [5.74, 6) is 0.839. The van der Waals surface area contributed by atoms with Crippen LogP contribution < -0.4 is 4.74 Å². The highest BCUT2D eigenvalue weighted by Crippen LogP contribution is 2.36. The molecular formula is C26H36ClN5O3. The van der Waals surface area contributed by atoms with Crippen LogP contribution in [0, 0.1) is 19.3 Å². The number of hydrogen-bond donors (Lipinski definition) is 0. The molecule has 0 aliphatic carbocycles. The first-order valence-corrected chi connectivity index (χ1v) is 12.7. The van der Waals surface area contributed by atoms with Gasteiger partial charge in [0.2, 0.25) is 11.8 Å². The zero-order chi connectivity index (χ0) is 25.0. The van der Waals surface area contributed by atoms with Crippen molar-refractivity contribution in [1.29, 1.82) is 0 Å². The molecule has 2 amide bonds. The molecule has 2 aliphatic heterocycles. The second-order valence-corrected chi connectivity index (χ2v) is 10.5. The first-order valence-electron chi connectivity index (χ1n) is 12.4. The molecule has 0 spiro atoms. The number of hydrogen-bond acceptors (Lipinski definition) is 5. The predicted octanol–water partition coefficient (Wildman–Crippen LogP) is 3.01. The molecule has 9 heteroatoms. The van der Waals surface area contributed by atoms with Crippen molar-refractivity contribution in [2.24, 2.45) is 5.41 Å². The van der Waals surface area contributed by atoms with Gasteiger partial charge < -0.3 is 19.4 Å². The maximum atomic E-state index is 13.4. The lowest BCUT2D eigenvalue weighted by molar-refractivity contribution is -0.142. The number of nitrogens with zero attached hydrogens (tertiary/aromatic N) is 5. The minimum atomic E-state index is -0.453. The molecule has 1 atom stereocenters. The minimum Gasteiger partial charge on any atom is -0.493 e. The number of benzene rings is 1. The van der Waals surface area contributed by atoms with Crippen LogP contribution >= 0.6 is 11.6 Å². The average molecular weight is 502 g/mol. The first kappa shape index (κ1) is 25.5. The van der Waals surface area contributed by atoms with Gasteiger partial charge in [-0.3, -0.25) is 14.3 Å². The molecule has 0 saturated carbocycles. The highest BCUT2D eigenvalue weighted by atomic mass is 35.5. The van der Waals surface area contributed by atoms with Crippen LogP contribution in [0.1, 0.15) is 30.7 Å². The van der Waals surface area contributed by atoms with Crippen molar-refractivity contribution in [2.75, 3.05) is 52.9 Å². The molecule has 4 rings (SSSR count). The second kappa shape index (κ2) is 11.0. The summed E-state index contributed by atoms with van der Waals surface area (Å²) in [5, 5.41) is 5.06. The highest BCUT2D eigenvalue weighted by molar-refractivity contribution is 6.30. The quantitative estimate of drug-likeness (QED) is 0.583. The number of aryl methyl sites for hydroxylation is 2. The van der Waals surface area contributed by atoms with Crippen molar-refractivity contribution in [1.82, 2.24) is 24.5 Å². The Labute approximate surface area is 212 Å². The Kier molecular flexibility index (Phi) is 8.02. The van der Waals surface area contributed by atoms with Gasteiger partial charge in [0, 0.05) is 61.8 Å². The summed E-state index contributed by atoms with van der Waals surface area (Å²) in [6.07, 6.45) is 2.02. The zero-order valence-electron chi connectivity index (χ0n) is 21.0. The van der Waals surface area contributed by atoms with Crippen molar-refractivity contribution in [3.05, 3.63) is 46.7 Å². The summed E-state index contributed by atoms with van der Waals surface area (Å²) < 4.78 is 7.94. The molecule has 0 N–H and O–H groups in total. The third-order valence-corrected chi connectivity index (χ3v) is 7.36. The van der Waals surface area contributed by atoms with E-state index in [0.29, 0.717) is 36.9 Å². The van der Waals surface area contributed by atoms with Crippen LogP contribution in [0.25, 0.3) is 0 Å². The molecule has 1 aromatic heterocycles. The Morgan fingerprint density at radius 2 is 1.83 bits per heavy atom. The van der Waals surface area contributed by atoms with Gasteiger partial charge in [-0.25, -0.2) is 0 Å². The van der Waals surface area contributed by atoms with E-state index in [0.717, 1.165) is 50.4 Å². The normalized spacial score (nSPS) is 21.3. The van der Waals surface area contributed by atoms with Crippen molar-refractivity contribution in [3.8, 4) is 5.75 Å². The van der Waals surface area contributed by atoms with Crippen LogP contribution in [0.4, 0.5) is 0 Å². The number of likely N-dealkylation sites (N-methyl/N-ethyl adjacent to an activating group) is 1. The number of rotatable bonds is 7. The van der Waals surface area contributed by atoms with E-state index in [2.05, 4.69) is 17.0 Å². The van der Waals surface area contributed by atoms with Crippen molar-refractivity contribution >= 4 is 23.4 Å². The van der Waals surface area contributed by atoms with Gasteiger partial charge in [-0.05, 0) is 58.0 Å². The number of piperazine rings is 1. The molecule has 0 radical (unpaired) electrons. The van der Waals surface area contributed by atoms with Crippen molar-refractivity contribution in [3.63, 3.8) is 0 Å². The summed E-state index contributed by atoms with van der Waals surface area (Å²) in [6, 6.07) is 9.29. The van der Waals surface area contributed by atoms with E-state index in [1.54, 1.807) is 16.8 Å². The summed E-state index contributed by atoms with van der Waals surface area (Å²) in [4.78, 5) is 32.7. The van der Waals surface area contributed by atoms with Crippen LogP contribution in [0.3, 0.4) is 0 Å². The molecule has 0 bridgehead atoms. The first-order chi connectivity index (χ1) is 16.7. The average Bonchev–Trinajstić information content (AvgIpc) is 3.14. The largest absolute Gasteiger partial charge is 0.493 e. The van der Waals surface area contributed by atoms with Crippen LogP contribution in [-0.4, -0.2) is 89.2 Å². The predicted molar refractivity (Wildman–Crippen MR) is 136 cm³/mol. The van der Waals surface area contributed by atoms with E-state index in [9.17, 15) is 9.59 Å². The zero-order valence-corrected chi connectivity index (χ0v) is 21.8. The number of piperidine rings is 1. The Balaban J connectivity index is 1.49. The van der Waals surface area contributed by atoms with E-state index in [1.807, 2.05) is 41.8 Å². The topological polar surface area (TPSA) is 70.9 Å². The third-order valence-electron chi connectivity index (χ3n) is 7.13. The SMILES string of the molecule is Cc1cc(C)n(CC(=O)N2CCCC(COc3cccc(Cl)c3)(CC(=O)N3CCN(C)CC3)C2)n1. The van der Waals surface area contributed by atoms with Gasteiger partial charge in [0.25, 0.3) is 0 Å².